The van der Waals surface area contributed by atoms with Gasteiger partial charge in [0, 0.05) is 0 Å². The summed E-state index contributed by atoms with van der Waals surface area (Å²) in [6, 6.07) is 7.64. The highest BCUT2D eigenvalue weighted by Crippen LogP contribution is 2.35. The van der Waals surface area contributed by atoms with Crippen molar-refractivity contribution in [2.45, 2.75) is 38.1 Å². The first-order valence-electron chi connectivity index (χ1n) is 8.53. The van der Waals surface area contributed by atoms with Crippen molar-refractivity contribution in [2.24, 2.45) is 5.92 Å². The maximum absolute atomic E-state index is 12.6. The third-order valence-corrected chi connectivity index (χ3v) is 4.88. The minimum atomic E-state index is -0.898. The highest BCUT2D eigenvalue weighted by Gasteiger charge is 2.52. The summed E-state index contributed by atoms with van der Waals surface area (Å²) >= 11 is 0. The fourth-order valence-electron chi connectivity index (χ4n) is 3.25. The number of carbonyl (C=O) groups excluding carboxylic acids is 3. The molecule has 0 aromatic heterocycles. The zero-order valence-electron chi connectivity index (χ0n) is 14.4. The molecule has 26 heavy (non-hydrogen) atoms. The highest BCUT2D eigenvalue weighted by molar-refractivity contribution is 6.08. The van der Waals surface area contributed by atoms with E-state index in [4.69, 9.17) is 10.00 Å². The molecule has 1 saturated heterocycles. The molecule has 4 amide bonds. The summed E-state index contributed by atoms with van der Waals surface area (Å²) in [5.74, 6) is -0.0934. The van der Waals surface area contributed by atoms with Crippen LogP contribution >= 0.6 is 0 Å². The Morgan fingerprint density at radius 3 is 2.62 bits per heavy atom. The molecule has 0 bridgehead atoms. The molecule has 2 fully saturated rings. The van der Waals surface area contributed by atoms with Crippen molar-refractivity contribution in [3.05, 3.63) is 29.8 Å². The molecule has 1 heterocycles. The van der Waals surface area contributed by atoms with E-state index in [1.165, 1.54) is 0 Å². The molecule has 2 aliphatic rings. The van der Waals surface area contributed by atoms with Crippen molar-refractivity contribution in [3.63, 3.8) is 0 Å². The molecular formula is C18H20N4O4. The second-order valence-corrected chi connectivity index (χ2v) is 6.80. The molecule has 0 unspecified atom stereocenters. The predicted molar refractivity (Wildman–Crippen MR) is 90.5 cm³/mol. The molecular weight excluding hydrogens is 336 g/mol. The van der Waals surface area contributed by atoms with E-state index in [1.54, 1.807) is 24.3 Å². The number of ether oxygens (including phenoxy) is 1. The highest BCUT2D eigenvalue weighted by atomic mass is 16.5. The van der Waals surface area contributed by atoms with Gasteiger partial charge in [-0.25, -0.2) is 4.79 Å². The number of hydrazine groups is 1. The number of carbonyl (C=O) groups is 3. The monoisotopic (exact) mass is 356 g/mol. The van der Waals surface area contributed by atoms with Gasteiger partial charge in [0.15, 0.2) is 6.61 Å². The number of nitriles is 1. The fourth-order valence-corrected chi connectivity index (χ4v) is 3.25. The average Bonchev–Trinajstić information content (AvgIpc) is 2.87. The Kier molecular flexibility index (Phi) is 4.80. The van der Waals surface area contributed by atoms with Gasteiger partial charge in [0.2, 0.25) is 0 Å². The third kappa shape index (κ3) is 3.47. The summed E-state index contributed by atoms with van der Waals surface area (Å²) in [7, 11) is 0. The lowest BCUT2D eigenvalue weighted by Crippen LogP contribution is -2.52. The number of rotatable bonds is 4. The van der Waals surface area contributed by atoms with Crippen LogP contribution in [0.4, 0.5) is 4.79 Å². The molecule has 1 aliphatic heterocycles. The van der Waals surface area contributed by atoms with E-state index in [-0.39, 0.29) is 6.61 Å². The van der Waals surface area contributed by atoms with Crippen LogP contribution in [0.15, 0.2) is 24.3 Å². The Labute approximate surface area is 151 Å². The first kappa shape index (κ1) is 17.7. The van der Waals surface area contributed by atoms with Gasteiger partial charge in [0.1, 0.15) is 11.3 Å². The van der Waals surface area contributed by atoms with Crippen LogP contribution in [-0.4, -0.2) is 35.0 Å². The SMILES string of the molecule is CC1CCC2(CC1)NC(=O)N(NC(=O)COc1ccc(C#N)cc1)C2=O. The van der Waals surface area contributed by atoms with Gasteiger partial charge in [0.05, 0.1) is 11.6 Å². The van der Waals surface area contributed by atoms with E-state index in [0.29, 0.717) is 30.1 Å². The summed E-state index contributed by atoms with van der Waals surface area (Å²) < 4.78 is 5.31. The summed E-state index contributed by atoms with van der Waals surface area (Å²) in [5.41, 5.74) is 1.89. The van der Waals surface area contributed by atoms with Gasteiger partial charge < -0.3 is 10.1 Å². The van der Waals surface area contributed by atoms with Crippen molar-refractivity contribution < 1.29 is 19.1 Å². The second-order valence-electron chi connectivity index (χ2n) is 6.80. The van der Waals surface area contributed by atoms with Gasteiger partial charge in [-0.2, -0.15) is 10.3 Å². The van der Waals surface area contributed by atoms with Crippen LogP contribution in [0.5, 0.6) is 5.75 Å². The standard InChI is InChI=1S/C18H20N4O4/c1-12-6-8-18(9-7-12)16(24)22(17(25)20-18)21-15(23)11-26-14-4-2-13(10-19)3-5-14/h2-5,12H,6-9,11H2,1H3,(H,20,25)(H,21,23). The Balaban J connectivity index is 1.56. The number of nitrogens with one attached hydrogen (secondary N) is 2. The molecule has 2 N–H and O–H groups in total. The van der Waals surface area contributed by atoms with Gasteiger partial charge >= 0.3 is 6.03 Å². The van der Waals surface area contributed by atoms with Crippen molar-refractivity contribution in [1.29, 1.82) is 5.26 Å². The summed E-state index contributed by atoms with van der Waals surface area (Å²) in [5, 5.41) is 12.2. The predicted octanol–water partition coefficient (Wildman–Crippen LogP) is 1.47. The number of hydrogen-bond donors (Lipinski definition) is 2. The van der Waals surface area contributed by atoms with E-state index in [9.17, 15) is 14.4 Å². The van der Waals surface area contributed by atoms with Crippen LogP contribution in [-0.2, 0) is 9.59 Å². The fraction of sp³-hybridized carbons (Fsp3) is 0.444. The lowest BCUT2D eigenvalue weighted by molar-refractivity contribution is -0.140. The number of benzene rings is 1. The average molecular weight is 356 g/mol. The van der Waals surface area contributed by atoms with Crippen LogP contribution < -0.4 is 15.5 Å². The van der Waals surface area contributed by atoms with Gasteiger partial charge in [-0.1, -0.05) is 6.92 Å². The molecule has 1 aromatic carbocycles. The van der Waals surface area contributed by atoms with Crippen molar-refractivity contribution in [3.8, 4) is 11.8 Å². The number of hydrogen-bond acceptors (Lipinski definition) is 5. The third-order valence-electron chi connectivity index (χ3n) is 4.88. The van der Waals surface area contributed by atoms with Crippen LogP contribution in [0.1, 0.15) is 38.2 Å². The van der Waals surface area contributed by atoms with Crippen LogP contribution in [0.3, 0.4) is 0 Å². The van der Waals surface area contributed by atoms with E-state index in [2.05, 4.69) is 17.7 Å². The molecule has 0 radical (unpaired) electrons. The van der Waals surface area contributed by atoms with Crippen molar-refractivity contribution in [2.75, 3.05) is 6.61 Å². The van der Waals surface area contributed by atoms with Crippen LogP contribution in [0, 0.1) is 17.2 Å². The maximum atomic E-state index is 12.6. The number of amides is 4. The summed E-state index contributed by atoms with van der Waals surface area (Å²) in [4.78, 5) is 36.8. The first-order valence-corrected chi connectivity index (χ1v) is 8.53. The summed E-state index contributed by atoms with van der Waals surface area (Å²) in [6.45, 7) is 1.77. The zero-order valence-corrected chi connectivity index (χ0v) is 14.4. The lowest BCUT2D eigenvalue weighted by atomic mass is 9.77. The van der Waals surface area contributed by atoms with E-state index < -0.39 is 23.4 Å². The van der Waals surface area contributed by atoms with Gasteiger partial charge in [-0.3, -0.25) is 15.0 Å². The van der Waals surface area contributed by atoms with Gasteiger partial charge in [0.25, 0.3) is 11.8 Å². The Hall–Kier alpha value is -3.08. The largest absolute Gasteiger partial charge is 0.484 e. The number of imide groups is 1. The molecule has 8 heteroatoms. The first-order chi connectivity index (χ1) is 12.4. The maximum Gasteiger partial charge on any atom is 0.344 e. The minimum absolute atomic E-state index is 0.354. The Morgan fingerprint density at radius 2 is 2.00 bits per heavy atom. The molecule has 136 valence electrons. The number of urea groups is 1. The smallest absolute Gasteiger partial charge is 0.344 e. The van der Waals surface area contributed by atoms with Crippen molar-refractivity contribution in [1.82, 2.24) is 15.8 Å². The van der Waals surface area contributed by atoms with Crippen molar-refractivity contribution >= 4 is 17.8 Å². The number of nitrogens with zero attached hydrogens (tertiary/aromatic N) is 2. The van der Waals surface area contributed by atoms with Crippen LogP contribution in [0.25, 0.3) is 0 Å². The molecule has 8 nitrogen and oxygen atoms in total. The molecule has 1 aromatic rings. The Morgan fingerprint density at radius 1 is 1.35 bits per heavy atom. The quantitative estimate of drug-likeness (QED) is 0.794. The minimum Gasteiger partial charge on any atom is -0.484 e. The van der Waals surface area contributed by atoms with Gasteiger partial charge in [-0.15, -0.1) is 0 Å². The molecule has 1 aliphatic carbocycles. The van der Waals surface area contributed by atoms with E-state index in [1.807, 2.05) is 6.07 Å². The molecule has 1 spiro atoms. The van der Waals surface area contributed by atoms with E-state index in [0.717, 1.165) is 17.9 Å². The van der Waals surface area contributed by atoms with Gasteiger partial charge in [-0.05, 0) is 55.9 Å². The zero-order chi connectivity index (χ0) is 18.7. The van der Waals surface area contributed by atoms with E-state index >= 15 is 0 Å². The van der Waals surface area contributed by atoms with Crippen LogP contribution in [0.2, 0.25) is 0 Å². The molecule has 0 atom stereocenters. The molecule has 3 rings (SSSR count). The second kappa shape index (κ2) is 7.04. The lowest BCUT2D eigenvalue weighted by Gasteiger charge is -2.33. The summed E-state index contributed by atoms with van der Waals surface area (Å²) in [6.07, 6.45) is 2.87. The Bertz CT molecular complexity index is 760. The topological polar surface area (TPSA) is 112 Å². The normalized spacial score (nSPS) is 24.9. The molecule has 1 saturated carbocycles.